The molecular formula is C18H16IN3O. The van der Waals surface area contributed by atoms with Gasteiger partial charge in [0.2, 0.25) is 0 Å². The second kappa shape index (κ2) is 6.95. The molecule has 0 aliphatic carbocycles. The molecule has 0 saturated carbocycles. The Morgan fingerprint density at radius 3 is 2.74 bits per heavy atom. The fraction of sp³-hybridized carbons (Fsp3) is 0.111. The van der Waals surface area contributed by atoms with E-state index in [1.165, 1.54) is 0 Å². The van der Waals surface area contributed by atoms with Crippen LogP contribution in [0, 0.1) is 3.57 Å². The fourth-order valence-electron chi connectivity index (χ4n) is 2.36. The summed E-state index contributed by atoms with van der Waals surface area (Å²) >= 11 is 2.18. The van der Waals surface area contributed by atoms with Crippen molar-refractivity contribution in [3.05, 3.63) is 81.7 Å². The van der Waals surface area contributed by atoms with Crippen molar-refractivity contribution in [2.45, 2.75) is 13.0 Å². The van der Waals surface area contributed by atoms with Crippen LogP contribution in [-0.4, -0.2) is 15.7 Å². The summed E-state index contributed by atoms with van der Waals surface area (Å²) in [6.45, 7) is 1.98. The highest BCUT2D eigenvalue weighted by molar-refractivity contribution is 14.1. The average Bonchev–Trinajstić information content (AvgIpc) is 3.10. The third kappa shape index (κ3) is 3.61. The SMILES string of the molecule is C[C@H](NC(=O)c1ccccc1I)c1cccc(-n2cccn2)c1. The van der Waals surface area contributed by atoms with Crippen LogP contribution in [0.25, 0.3) is 5.69 Å². The standard InChI is InChI=1S/C18H16IN3O/c1-13(21-18(23)16-8-2-3-9-17(16)19)14-6-4-7-15(12-14)22-11-5-10-20-22/h2-13H,1H3,(H,21,23)/t13-/m0/s1. The normalized spacial score (nSPS) is 11.9. The van der Waals surface area contributed by atoms with Crippen molar-refractivity contribution in [3.8, 4) is 5.69 Å². The van der Waals surface area contributed by atoms with Crippen molar-refractivity contribution in [2.24, 2.45) is 0 Å². The van der Waals surface area contributed by atoms with Gasteiger partial charge in [-0.3, -0.25) is 4.79 Å². The molecule has 1 heterocycles. The van der Waals surface area contributed by atoms with Crippen molar-refractivity contribution >= 4 is 28.5 Å². The molecule has 1 amide bonds. The number of nitrogens with zero attached hydrogens (tertiary/aromatic N) is 2. The maximum absolute atomic E-state index is 12.4. The van der Waals surface area contributed by atoms with Gasteiger partial charge in [-0.1, -0.05) is 24.3 Å². The molecule has 5 heteroatoms. The highest BCUT2D eigenvalue weighted by Crippen LogP contribution is 2.18. The Morgan fingerprint density at radius 2 is 2.00 bits per heavy atom. The summed E-state index contributed by atoms with van der Waals surface area (Å²) in [5, 5.41) is 7.29. The zero-order valence-corrected chi connectivity index (χ0v) is 14.8. The molecule has 2 aromatic carbocycles. The number of nitrogens with one attached hydrogen (secondary N) is 1. The number of aromatic nitrogens is 2. The highest BCUT2D eigenvalue weighted by atomic mass is 127. The summed E-state index contributed by atoms with van der Waals surface area (Å²) in [6.07, 6.45) is 3.64. The quantitative estimate of drug-likeness (QED) is 0.654. The maximum Gasteiger partial charge on any atom is 0.252 e. The van der Waals surface area contributed by atoms with Crippen molar-refractivity contribution in [1.82, 2.24) is 15.1 Å². The number of carbonyl (C=O) groups is 1. The lowest BCUT2D eigenvalue weighted by Crippen LogP contribution is -2.27. The van der Waals surface area contributed by atoms with E-state index in [4.69, 9.17) is 0 Å². The fourth-order valence-corrected chi connectivity index (χ4v) is 2.99. The third-order valence-electron chi connectivity index (χ3n) is 3.61. The number of amides is 1. The Hall–Kier alpha value is -2.15. The Labute approximate surface area is 148 Å². The number of halogens is 1. The summed E-state index contributed by atoms with van der Waals surface area (Å²) in [7, 11) is 0. The van der Waals surface area contributed by atoms with Crippen LogP contribution in [-0.2, 0) is 0 Å². The van der Waals surface area contributed by atoms with Gasteiger partial charge in [-0.2, -0.15) is 5.10 Å². The number of benzene rings is 2. The van der Waals surface area contributed by atoms with Gasteiger partial charge in [0.05, 0.1) is 17.3 Å². The molecule has 23 heavy (non-hydrogen) atoms. The molecule has 1 N–H and O–H groups in total. The summed E-state index contributed by atoms with van der Waals surface area (Å²) in [4.78, 5) is 12.4. The minimum atomic E-state index is -0.0889. The smallest absolute Gasteiger partial charge is 0.252 e. The van der Waals surface area contributed by atoms with Gasteiger partial charge in [0, 0.05) is 16.0 Å². The van der Waals surface area contributed by atoms with Crippen LogP contribution in [0.4, 0.5) is 0 Å². The first kappa shape index (κ1) is 15.7. The summed E-state index contributed by atoms with van der Waals surface area (Å²) in [5.74, 6) is -0.0630. The molecule has 0 spiro atoms. The van der Waals surface area contributed by atoms with E-state index in [2.05, 4.69) is 33.0 Å². The largest absolute Gasteiger partial charge is 0.345 e. The van der Waals surface area contributed by atoms with Crippen LogP contribution in [0.3, 0.4) is 0 Å². The van der Waals surface area contributed by atoms with Crippen molar-refractivity contribution in [3.63, 3.8) is 0 Å². The van der Waals surface area contributed by atoms with Crippen molar-refractivity contribution in [2.75, 3.05) is 0 Å². The number of hydrogen-bond donors (Lipinski definition) is 1. The molecule has 3 rings (SSSR count). The minimum Gasteiger partial charge on any atom is -0.345 e. The first-order chi connectivity index (χ1) is 11.1. The lowest BCUT2D eigenvalue weighted by Gasteiger charge is -2.16. The molecule has 0 fully saturated rings. The van der Waals surface area contributed by atoms with Gasteiger partial charge in [-0.25, -0.2) is 4.68 Å². The lowest BCUT2D eigenvalue weighted by molar-refractivity contribution is 0.0939. The highest BCUT2D eigenvalue weighted by Gasteiger charge is 2.14. The van der Waals surface area contributed by atoms with Crippen molar-refractivity contribution in [1.29, 1.82) is 0 Å². The molecule has 0 radical (unpaired) electrons. The predicted octanol–water partition coefficient (Wildman–Crippen LogP) is 3.97. The molecule has 3 aromatic rings. The zero-order valence-electron chi connectivity index (χ0n) is 12.6. The first-order valence-electron chi connectivity index (χ1n) is 7.30. The molecule has 1 atom stereocenters. The first-order valence-corrected chi connectivity index (χ1v) is 8.38. The summed E-state index contributed by atoms with van der Waals surface area (Å²) in [5.41, 5.74) is 2.71. The predicted molar refractivity (Wildman–Crippen MR) is 98.6 cm³/mol. The molecular weight excluding hydrogens is 401 g/mol. The molecule has 116 valence electrons. The Morgan fingerprint density at radius 1 is 1.17 bits per heavy atom. The maximum atomic E-state index is 12.4. The monoisotopic (exact) mass is 417 g/mol. The molecule has 0 saturated heterocycles. The van der Waals surface area contributed by atoms with Gasteiger partial charge in [0.15, 0.2) is 0 Å². The molecule has 0 unspecified atom stereocenters. The number of carbonyl (C=O) groups excluding carboxylic acids is 1. The number of hydrogen-bond acceptors (Lipinski definition) is 2. The second-order valence-electron chi connectivity index (χ2n) is 5.22. The van der Waals surface area contributed by atoms with E-state index < -0.39 is 0 Å². The van der Waals surface area contributed by atoms with Gasteiger partial charge < -0.3 is 5.32 Å². The van der Waals surface area contributed by atoms with Crippen molar-refractivity contribution < 1.29 is 4.79 Å². The molecule has 1 aromatic heterocycles. The van der Waals surface area contributed by atoms with Gasteiger partial charge >= 0.3 is 0 Å². The Bertz CT molecular complexity index is 815. The van der Waals surface area contributed by atoms with E-state index in [9.17, 15) is 4.79 Å². The van der Waals surface area contributed by atoms with Crippen LogP contribution in [0.2, 0.25) is 0 Å². The Balaban J connectivity index is 1.79. The molecule has 0 aliphatic rings. The van der Waals surface area contributed by atoms with Crippen LogP contribution in [0.5, 0.6) is 0 Å². The van der Waals surface area contributed by atoms with E-state index in [0.29, 0.717) is 5.56 Å². The summed E-state index contributed by atoms with van der Waals surface area (Å²) < 4.78 is 2.75. The van der Waals surface area contributed by atoms with E-state index in [0.717, 1.165) is 14.8 Å². The topological polar surface area (TPSA) is 46.9 Å². The van der Waals surface area contributed by atoms with Gasteiger partial charge in [-0.05, 0) is 65.4 Å². The molecule has 0 bridgehead atoms. The van der Waals surface area contributed by atoms with E-state index in [-0.39, 0.29) is 11.9 Å². The average molecular weight is 417 g/mol. The lowest BCUT2D eigenvalue weighted by atomic mass is 10.1. The minimum absolute atomic E-state index is 0.0630. The van der Waals surface area contributed by atoms with Gasteiger partial charge in [0.25, 0.3) is 5.91 Å². The third-order valence-corrected chi connectivity index (χ3v) is 4.55. The Kier molecular flexibility index (Phi) is 4.76. The second-order valence-corrected chi connectivity index (χ2v) is 6.38. The molecule has 0 aliphatic heterocycles. The van der Waals surface area contributed by atoms with Crippen LogP contribution in [0.15, 0.2) is 67.0 Å². The van der Waals surface area contributed by atoms with Gasteiger partial charge in [-0.15, -0.1) is 0 Å². The van der Waals surface area contributed by atoms with E-state index in [1.54, 1.807) is 10.9 Å². The number of rotatable bonds is 4. The van der Waals surface area contributed by atoms with E-state index >= 15 is 0 Å². The van der Waals surface area contributed by atoms with E-state index in [1.807, 2.05) is 67.7 Å². The zero-order chi connectivity index (χ0) is 16.2. The van der Waals surface area contributed by atoms with Crippen LogP contribution < -0.4 is 5.32 Å². The summed E-state index contributed by atoms with van der Waals surface area (Å²) in [6, 6.07) is 17.4. The molecule has 4 nitrogen and oxygen atoms in total. The van der Waals surface area contributed by atoms with Crippen LogP contribution in [0.1, 0.15) is 28.9 Å². The van der Waals surface area contributed by atoms with Crippen LogP contribution >= 0.6 is 22.6 Å². The van der Waals surface area contributed by atoms with Gasteiger partial charge in [0.1, 0.15) is 0 Å².